The summed E-state index contributed by atoms with van der Waals surface area (Å²) < 4.78 is 5.24. The fourth-order valence-corrected chi connectivity index (χ4v) is 3.48. The predicted molar refractivity (Wildman–Crippen MR) is 119 cm³/mol. The first kappa shape index (κ1) is 21.8. The SMILES string of the molecule is COc1ccc(CN(Cc2ccccc2)CC(O)C(C)C(=O)c2ccccc2)cc1. The van der Waals surface area contributed by atoms with Gasteiger partial charge in [0.05, 0.1) is 13.2 Å². The van der Waals surface area contributed by atoms with E-state index in [0.29, 0.717) is 25.2 Å². The average Bonchev–Trinajstić information content (AvgIpc) is 2.79. The van der Waals surface area contributed by atoms with E-state index in [-0.39, 0.29) is 5.78 Å². The minimum absolute atomic E-state index is 0.0350. The lowest BCUT2D eigenvalue weighted by atomic mass is 9.93. The first-order chi connectivity index (χ1) is 14.6. The topological polar surface area (TPSA) is 49.8 Å². The van der Waals surface area contributed by atoms with E-state index in [0.717, 1.165) is 11.3 Å². The minimum atomic E-state index is -0.764. The maximum atomic E-state index is 12.8. The van der Waals surface area contributed by atoms with Crippen LogP contribution in [0.5, 0.6) is 5.75 Å². The molecule has 3 rings (SSSR count). The summed E-state index contributed by atoms with van der Waals surface area (Å²) >= 11 is 0. The second-order valence-electron chi connectivity index (χ2n) is 7.59. The first-order valence-electron chi connectivity index (χ1n) is 10.2. The number of methoxy groups -OCH3 is 1. The van der Waals surface area contributed by atoms with Crippen molar-refractivity contribution in [3.8, 4) is 5.75 Å². The van der Waals surface area contributed by atoms with Crippen molar-refractivity contribution >= 4 is 5.78 Å². The van der Waals surface area contributed by atoms with Crippen LogP contribution in [0.3, 0.4) is 0 Å². The van der Waals surface area contributed by atoms with Gasteiger partial charge in [0.2, 0.25) is 0 Å². The standard InChI is InChI=1S/C26H29NO3/c1-20(26(29)23-11-7-4-8-12-23)25(28)19-27(17-21-9-5-3-6-10-21)18-22-13-15-24(30-2)16-14-22/h3-16,20,25,28H,17-19H2,1-2H3. The molecule has 0 spiro atoms. The number of hydrogen-bond donors (Lipinski definition) is 1. The molecule has 0 radical (unpaired) electrons. The van der Waals surface area contributed by atoms with Crippen molar-refractivity contribution in [1.29, 1.82) is 0 Å². The van der Waals surface area contributed by atoms with Crippen molar-refractivity contribution in [2.45, 2.75) is 26.1 Å². The molecular formula is C26H29NO3. The molecule has 3 aromatic carbocycles. The third kappa shape index (κ3) is 6.02. The molecule has 4 nitrogen and oxygen atoms in total. The van der Waals surface area contributed by atoms with Crippen molar-refractivity contribution in [2.75, 3.05) is 13.7 Å². The van der Waals surface area contributed by atoms with Crippen LogP contribution in [-0.4, -0.2) is 35.5 Å². The van der Waals surface area contributed by atoms with Crippen LogP contribution in [0.2, 0.25) is 0 Å². The van der Waals surface area contributed by atoms with E-state index in [4.69, 9.17) is 4.74 Å². The summed E-state index contributed by atoms with van der Waals surface area (Å²) in [7, 11) is 1.65. The number of aliphatic hydroxyl groups excluding tert-OH is 1. The number of benzene rings is 3. The Labute approximate surface area is 178 Å². The van der Waals surface area contributed by atoms with Gasteiger partial charge in [-0.15, -0.1) is 0 Å². The molecule has 0 aliphatic rings. The van der Waals surface area contributed by atoms with Crippen molar-refractivity contribution < 1.29 is 14.6 Å². The summed E-state index contributed by atoms with van der Waals surface area (Å²) in [6, 6.07) is 27.3. The van der Waals surface area contributed by atoms with Gasteiger partial charge in [-0.05, 0) is 23.3 Å². The summed E-state index contributed by atoms with van der Waals surface area (Å²) in [4.78, 5) is 14.9. The maximum absolute atomic E-state index is 12.8. The number of carbonyl (C=O) groups excluding carboxylic acids is 1. The molecule has 3 aromatic rings. The molecule has 0 saturated carbocycles. The normalized spacial score (nSPS) is 13.1. The Morgan fingerprint density at radius 1 is 0.867 bits per heavy atom. The molecule has 0 aliphatic heterocycles. The molecule has 0 fully saturated rings. The quantitative estimate of drug-likeness (QED) is 0.504. The maximum Gasteiger partial charge on any atom is 0.168 e. The molecule has 0 bridgehead atoms. The van der Waals surface area contributed by atoms with Gasteiger partial charge in [-0.25, -0.2) is 0 Å². The van der Waals surface area contributed by atoms with Crippen molar-refractivity contribution in [3.05, 3.63) is 102 Å². The molecule has 0 aromatic heterocycles. The van der Waals surface area contributed by atoms with Crippen LogP contribution in [0, 0.1) is 5.92 Å². The third-order valence-corrected chi connectivity index (χ3v) is 5.31. The van der Waals surface area contributed by atoms with Crippen LogP contribution >= 0.6 is 0 Å². The smallest absolute Gasteiger partial charge is 0.168 e. The van der Waals surface area contributed by atoms with E-state index in [1.54, 1.807) is 26.2 Å². The lowest BCUT2D eigenvalue weighted by Gasteiger charge is -2.28. The van der Waals surface area contributed by atoms with Gasteiger partial charge in [-0.3, -0.25) is 9.69 Å². The van der Waals surface area contributed by atoms with E-state index >= 15 is 0 Å². The number of rotatable bonds is 10. The van der Waals surface area contributed by atoms with Crippen molar-refractivity contribution in [2.24, 2.45) is 5.92 Å². The highest BCUT2D eigenvalue weighted by Gasteiger charge is 2.25. The van der Waals surface area contributed by atoms with Gasteiger partial charge >= 0.3 is 0 Å². The number of ether oxygens (including phenoxy) is 1. The summed E-state index contributed by atoms with van der Waals surface area (Å²) in [6.45, 7) is 3.56. The van der Waals surface area contributed by atoms with E-state index in [2.05, 4.69) is 17.0 Å². The molecule has 30 heavy (non-hydrogen) atoms. The van der Waals surface area contributed by atoms with E-state index in [1.807, 2.05) is 60.7 Å². The first-order valence-corrected chi connectivity index (χ1v) is 10.2. The number of aliphatic hydroxyl groups is 1. The fraction of sp³-hybridized carbons (Fsp3) is 0.269. The highest BCUT2D eigenvalue weighted by molar-refractivity contribution is 5.97. The number of carbonyl (C=O) groups is 1. The fourth-order valence-electron chi connectivity index (χ4n) is 3.48. The molecule has 4 heteroatoms. The molecule has 0 heterocycles. The third-order valence-electron chi connectivity index (χ3n) is 5.31. The molecule has 2 atom stereocenters. The summed E-state index contributed by atoms with van der Waals surface area (Å²) in [5.41, 5.74) is 2.93. The van der Waals surface area contributed by atoms with Gasteiger partial charge in [0.25, 0.3) is 0 Å². The van der Waals surface area contributed by atoms with Crippen LogP contribution in [0.15, 0.2) is 84.9 Å². The Balaban J connectivity index is 1.72. The average molecular weight is 404 g/mol. The van der Waals surface area contributed by atoms with Gasteiger partial charge < -0.3 is 9.84 Å². The second kappa shape index (κ2) is 10.7. The molecular weight excluding hydrogens is 374 g/mol. The Hall–Kier alpha value is -2.95. The van der Waals surface area contributed by atoms with Gasteiger partial charge in [0.15, 0.2) is 5.78 Å². The zero-order chi connectivity index (χ0) is 21.3. The van der Waals surface area contributed by atoms with E-state index < -0.39 is 12.0 Å². The lowest BCUT2D eigenvalue weighted by Crippen LogP contribution is -2.38. The molecule has 1 N–H and O–H groups in total. The number of nitrogens with zero attached hydrogens (tertiary/aromatic N) is 1. The number of hydrogen-bond acceptors (Lipinski definition) is 4. The largest absolute Gasteiger partial charge is 0.497 e. The molecule has 156 valence electrons. The van der Waals surface area contributed by atoms with Gasteiger partial charge in [-0.1, -0.05) is 79.7 Å². The Bertz CT molecular complexity index is 910. The van der Waals surface area contributed by atoms with Crippen molar-refractivity contribution in [1.82, 2.24) is 4.90 Å². The van der Waals surface area contributed by atoms with E-state index in [1.165, 1.54) is 5.56 Å². The Morgan fingerprint density at radius 3 is 1.97 bits per heavy atom. The van der Waals surface area contributed by atoms with Gasteiger partial charge in [0, 0.05) is 31.1 Å². The molecule has 0 amide bonds. The van der Waals surface area contributed by atoms with E-state index in [9.17, 15) is 9.90 Å². The summed E-state index contributed by atoms with van der Waals surface area (Å²) in [5, 5.41) is 10.9. The lowest BCUT2D eigenvalue weighted by molar-refractivity contribution is 0.0522. The molecule has 0 saturated heterocycles. The number of ketones is 1. The summed E-state index contributed by atoms with van der Waals surface area (Å²) in [6.07, 6.45) is -0.764. The zero-order valence-corrected chi connectivity index (χ0v) is 17.6. The Morgan fingerprint density at radius 2 is 1.40 bits per heavy atom. The van der Waals surface area contributed by atoms with Gasteiger partial charge in [-0.2, -0.15) is 0 Å². The highest BCUT2D eigenvalue weighted by atomic mass is 16.5. The zero-order valence-electron chi connectivity index (χ0n) is 17.6. The monoisotopic (exact) mass is 403 g/mol. The Kier molecular flexibility index (Phi) is 7.77. The van der Waals surface area contributed by atoms with Crippen LogP contribution in [0.4, 0.5) is 0 Å². The van der Waals surface area contributed by atoms with Crippen molar-refractivity contribution in [3.63, 3.8) is 0 Å². The predicted octanol–water partition coefficient (Wildman–Crippen LogP) is 4.58. The number of Topliss-reactive ketones (excluding diaryl/α,β-unsaturated/α-hetero) is 1. The van der Waals surface area contributed by atoms with Crippen LogP contribution in [-0.2, 0) is 13.1 Å². The van der Waals surface area contributed by atoms with Gasteiger partial charge in [0.1, 0.15) is 5.75 Å². The summed E-state index contributed by atoms with van der Waals surface area (Å²) in [5.74, 6) is 0.296. The molecule has 0 aliphatic carbocycles. The van der Waals surface area contributed by atoms with Crippen LogP contribution in [0.25, 0.3) is 0 Å². The molecule has 2 unspecified atom stereocenters. The second-order valence-corrected chi connectivity index (χ2v) is 7.59. The minimum Gasteiger partial charge on any atom is -0.497 e. The highest BCUT2D eigenvalue weighted by Crippen LogP contribution is 2.18. The van der Waals surface area contributed by atoms with Crippen LogP contribution < -0.4 is 4.74 Å². The van der Waals surface area contributed by atoms with Crippen LogP contribution in [0.1, 0.15) is 28.4 Å².